The first kappa shape index (κ1) is 18.0. The smallest absolute Gasteiger partial charge is 0.227 e. The number of methoxy groups -OCH3 is 2. The summed E-state index contributed by atoms with van der Waals surface area (Å²) in [6.45, 7) is 0.746. The summed E-state index contributed by atoms with van der Waals surface area (Å²) in [4.78, 5) is 16.3. The molecule has 3 rings (SSSR count). The number of pyridine rings is 1. The van der Waals surface area contributed by atoms with Crippen LogP contribution in [0.3, 0.4) is 0 Å². The fourth-order valence-electron chi connectivity index (χ4n) is 2.86. The second-order valence-corrected chi connectivity index (χ2v) is 6.42. The summed E-state index contributed by atoms with van der Waals surface area (Å²) in [5.74, 6) is 2.52. The molecule has 0 radical (unpaired) electrons. The number of ether oxygens (including phenoxy) is 2. The lowest BCUT2D eigenvalue weighted by Gasteiger charge is -2.23. The molecule has 1 aliphatic carbocycles. The van der Waals surface area contributed by atoms with E-state index >= 15 is 0 Å². The van der Waals surface area contributed by atoms with Gasteiger partial charge in [-0.15, -0.1) is 0 Å². The summed E-state index contributed by atoms with van der Waals surface area (Å²) >= 11 is 0. The Morgan fingerprint density at radius 2 is 1.96 bits per heavy atom. The average Bonchev–Trinajstić information content (AvgIpc) is 2.61. The molecule has 2 aromatic rings. The lowest BCUT2D eigenvalue weighted by molar-refractivity contribution is -0.122. The Labute approximate surface area is 153 Å². The number of hydrogen-bond acceptors (Lipinski definition) is 5. The number of anilines is 2. The molecule has 1 aliphatic rings. The normalized spacial score (nSPS) is 13.6. The van der Waals surface area contributed by atoms with Gasteiger partial charge in [0.2, 0.25) is 5.91 Å². The van der Waals surface area contributed by atoms with Crippen molar-refractivity contribution in [3.05, 3.63) is 42.1 Å². The third-order valence-corrected chi connectivity index (χ3v) is 4.67. The highest BCUT2D eigenvalue weighted by molar-refractivity contribution is 5.92. The molecule has 1 aromatic carbocycles. The van der Waals surface area contributed by atoms with Crippen molar-refractivity contribution in [3.63, 3.8) is 0 Å². The van der Waals surface area contributed by atoms with Crippen LogP contribution >= 0.6 is 0 Å². The first-order valence-electron chi connectivity index (χ1n) is 8.91. The van der Waals surface area contributed by atoms with Crippen molar-refractivity contribution in [3.8, 4) is 11.5 Å². The quantitative estimate of drug-likeness (QED) is 0.758. The molecule has 138 valence electrons. The van der Waals surface area contributed by atoms with Crippen LogP contribution in [-0.4, -0.2) is 31.7 Å². The van der Waals surface area contributed by atoms with Crippen LogP contribution in [0, 0.1) is 5.92 Å². The third kappa shape index (κ3) is 4.45. The molecule has 1 aromatic heterocycles. The Bertz CT molecular complexity index is 742. The molecule has 1 saturated carbocycles. The number of nitrogens with one attached hydrogen (secondary N) is 2. The highest BCUT2D eigenvalue weighted by Gasteiger charge is 2.25. The zero-order chi connectivity index (χ0) is 18.4. The molecule has 0 saturated heterocycles. The van der Waals surface area contributed by atoms with E-state index in [-0.39, 0.29) is 11.8 Å². The van der Waals surface area contributed by atoms with Gasteiger partial charge in [-0.1, -0.05) is 12.5 Å². The number of carbonyl (C=O) groups is 1. The van der Waals surface area contributed by atoms with Gasteiger partial charge in [-0.25, -0.2) is 4.98 Å². The van der Waals surface area contributed by atoms with E-state index in [1.54, 1.807) is 20.4 Å². The van der Waals surface area contributed by atoms with Crippen LogP contribution in [0.2, 0.25) is 0 Å². The van der Waals surface area contributed by atoms with Crippen LogP contribution in [0.4, 0.5) is 11.5 Å². The van der Waals surface area contributed by atoms with E-state index in [0.717, 1.165) is 60.8 Å². The minimum atomic E-state index is 0.104. The number of amides is 1. The number of hydrogen-bond donors (Lipinski definition) is 2. The van der Waals surface area contributed by atoms with Crippen molar-refractivity contribution in [2.45, 2.75) is 25.7 Å². The standard InChI is InChI=1S/C20H25N3O3/c1-25-17-8-6-14(12-18(17)26-2)10-11-21-19-9-7-16(13-22-19)23-20(24)15-4-3-5-15/h6-9,12-13,15H,3-5,10-11H2,1-2H3,(H,21,22)(H,23,24). The van der Waals surface area contributed by atoms with Crippen molar-refractivity contribution >= 4 is 17.4 Å². The van der Waals surface area contributed by atoms with Crippen LogP contribution < -0.4 is 20.1 Å². The molecule has 0 atom stereocenters. The van der Waals surface area contributed by atoms with Gasteiger partial charge < -0.3 is 20.1 Å². The highest BCUT2D eigenvalue weighted by Crippen LogP contribution is 2.28. The molecule has 6 nitrogen and oxygen atoms in total. The van der Waals surface area contributed by atoms with Crippen molar-refractivity contribution in [1.82, 2.24) is 4.98 Å². The monoisotopic (exact) mass is 355 g/mol. The third-order valence-electron chi connectivity index (χ3n) is 4.67. The summed E-state index contributed by atoms with van der Waals surface area (Å²) in [7, 11) is 3.26. The summed E-state index contributed by atoms with van der Waals surface area (Å²) < 4.78 is 10.6. The molecule has 0 spiro atoms. The number of benzene rings is 1. The lowest BCUT2D eigenvalue weighted by atomic mass is 9.85. The SMILES string of the molecule is COc1ccc(CCNc2ccc(NC(=O)C3CCC3)cn2)cc1OC. The van der Waals surface area contributed by atoms with Gasteiger partial charge in [-0.3, -0.25) is 4.79 Å². The van der Waals surface area contributed by atoms with Gasteiger partial charge in [0.15, 0.2) is 11.5 Å². The summed E-state index contributed by atoms with van der Waals surface area (Å²) in [6.07, 6.45) is 5.67. The van der Waals surface area contributed by atoms with E-state index in [9.17, 15) is 4.79 Å². The number of aromatic nitrogens is 1. The maximum absolute atomic E-state index is 11.9. The van der Waals surface area contributed by atoms with E-state index in [1.807, 2.05) is 30.3 Å². The molecule has 26 heavy (non-hydrogen) atoms. The Morgan fingerprint density at radius 3 is 2.58 bits per heavy atom. The number of rotatable bonds is 8. The largest absolute Gasteiger partial charge is 0.493 e. The lowest BCUT2D eigenvalue weighted by Crippen LogP contribution is -2.28. The first-order valence-corrected chi connectivity index (χ1v) is 8.91. The molecular weight excluding hydrogens is 330 g/mol. The van der Waals surface area contributed by atoms with Crippen LogP contribution in [0.1, 0.15) is 24.8 Å². The topological polar surface area (TPSA) is 72.5 Å². The number of carbonyl (C=O) groups excluding carboxylic acids is 1. The van der Waals surface area contributed by atoms with Gasteiger partial charge in [-0.2, -0.15) is 0 Å². The van der Waals surface area contributed by atoms with Gasteiger partial charge in [0, 0.05) is 12.5 Å². The van der Waals surface area contributed by atoms with Gasteiger partial charge in [-0.05, 0) is 49.1 Å². The van der Waals surface area contributed by atoms with E-state index in [1.165, 1.54) is 0 Å². The summed E-state index contributed by atoms with van der Waals surface area (Å²) in [5.41, 5.74) is 1.90. The van der Waals surface area contributed by atoms with Crippen molar-refractivity contribution < 1.29 is 14.3 Å². The average molecular weight is 355 g/mol. The second-order valence-electron chi connectivity index (χ2n) is 6.42. The molecular formula is C20H25N3O3. The fraction of sp³-hybridized carbons (Fsp3) is 0.400. The zero-order valence-electron chi connectivity index (χ0n) is 15.2. The van der Waals surface area contributed by atoms with E-state index in [2.05, 4.69) is 15.6 Å². The van der Waals surface area contributed by atoms with Gasteiger partial charge in [0.05, 0.1) is 26.1 Å². The molecule has 0 unspecified atom stereocenters. The molecule has 1 heterocycles. The van der Waals surface area contributed by atoms with Crippen molar-refractivity contribution in [2.24, 2.45) is 5.92 Å². The molecule has 1 amide bonds. The van der Waals surface area contributed by atoms with E-state index in [4.69, 9.17) is 9.47 Å². The summed E-state index contributed by atoms with van der Waals surface area (Å²) in [6, 6.07) is 9.67. The molecule has 0 aliphatic heterocycles. The molecule has 6 heteroatoms. The molecule has 0 bridgehead atoms. The van der Waals surface area contributed by atoms with Crippen LogP contribution in [0.5, 0.6) is 11.5 Å². The Balaban J connectivity index is 1.48. The predicted octanol–water partition coefficient (Wildman–Crippen LogP) is 3.49. The van der Waals surface area contributed by atoms with E-state index in [0.29, 0.717) is 0 Å². The summed E-state index contributed by atoms with van der Waals surface area (Å²) in [5, 5.41) is 6.21. The first-order chi connectivity index (χ1) is 12.7. The highest BCUT2D eigenvalue weighted by atomic mass is 16.5. The maximum Gasteiger partial charge on any atom is 0.227 e. The fourth-order valence-corrected chi connectivity index (χ4v) is 2.86. The van der Waals surface area contributed by atoms with Crippen molar-refractivity contribution in [2.75, 3.05) is 31.4 Å². The minimum absolute atomic E-state index is 0.104. The Kier molecular flexibility index (Phi) is 5.94. The van der Waals surface area contributed by atoms with Crippen molar-refractivity contribution in [1.29, 1.82) is 0 Å². The zero-order valence-corrected chi connectivity index (χ0v) is 15.2. The Morgan fingerprint density at radius 1 is 1.15 bits per heavy atom. The van der Waals surface area contributed by atoms with E-state index < -0.39 is 0 Å². The predicted molar refractivity (Wildman–Crippen MR) is 102 cm³/mol. The second kappa shape index (κ2) is 8.56. The van der Waals surface area contributed by atoms with Gasteiger partial charge in [0.1, 0.15) is 5.82 Å². The van der Waals surface area contributed by atoms with Gasteiger partial charge in [0.25, 0.3) is 0 Å². The maximum atomic E-state index is 11.9. The Hall–Kier alpha value is -2.76. The molecule has 2 N–H and O–H groups in total. The number of nitrogens with zero attached hydrogens (tertiary/aromatic N) is 1. The minimum Gasteiger partial charge on any atom is -0.493 e. The molecule has 1 fully saturated rings. The van der Waals surface area contributed by atoms with Crippen LogP contribution in [-0.2, 0) is 11.2 Å². The van der Waals surface area contributed by atoms with Gasteiger partial charge >= 0.3 is 0 Å². The van der Waals surface area contributed by atoms with Crippen LogP contribution in [0.25, 0.3) is 0 Å². The van der Waals surface area contributed by atoms with Crippen LogP contribution in [0.15, 0.2) is 36.5 Å².